The zero-order valence-electron chi connectivity index (χ0n) is 14.5. The Labute approximate surface area is 155 Å². The fraction of sp³-hybridized carbons (Fsp3) is 0.647. The number of aryl methyl sites for hydroxylation is 2. The van der Waals surface area contributed by atoms with E-state index < -0.39 is 0 Å². The van der Waals surface area contributed by atoms with Gasteiger partial charge in [-0.25, -0.2) is 4.68 Å². The third-order valence-corrected chi connectivity index (χ3v) is 6.07. The standard InChI is InChI=1S/C17H23BrN6O/c1-22-17(25)15(18)13(10-19-22)23-8-5-6-12(11-23)16-21-20-14-7-3-2-4-9-24(14)16/h10,12H,2-9,11H2,1H3. The highest BCUT2D eigenvalue weighted by Crippen LogP contribution is 2.32. The molecule has 0 amide bonds. The lowest BCUT2D eigenvalue weighted by atomic mass is 9.96. The van der Waals surface area contributed by atoms with Crippen molar-refractivity contribution < 1.29 is 0 Å². The molecule has 0 aromatic carbocycles. The summed E-state index contributed by atoms with van der Waals surface area (Å²) in [4.78, 5) is 14.4. The largest absolute Gasteiger partial charge is 0.368 e. The van der Waals surface area contributed by atoms with Crippen molar-refractivity contribution in [3.8, 4) is 0 Å². The zero-order chi connectivity index (χ0) is 17.4. The summed E-state index contributed by atoms with van der Waals surface area (Å²) < 4.78 is 4.29. The number of anilines is 1. The smallest absolute Gasteiger partial charge is 0.282 e. The Balaban J connectivity index is 1.61. The zero-order valence-corrected chi connectivity index (χ0v) is 16.1. The molecule has 1 fully saturated rings. The third kappa shape index (κ3) is 3.12. The van der Waals surface area contributed by atoms with Gasteiger partial charge in [-0.3, -0.25) is 4.79 Å². The van der Waals surface area contributed by atoms with Crippen molar-refractivity contribution >= 4 is 21.6 Å². The maximum Gasteiger partial charge on any atom is 0.282 e. The molecule has 2 aromatic heterocycles. The van der Waals surface area contributed by atoms with E-state index in [2.05, 4.69) is 40.7 Å². The molecule has 0 bridgehead atoms. The van der Waals surface area contributed by atoms with Crippen LogP contribution in [0.4, 0.5) is 5.69 Å². The van der Waals surface area contributed by atoms with Crippen molar-refractivity contribution in [2.75, 3.05) is 18.0 Å². The van der Waals surface area contributed by atoms with Crippen LogP contribution in [0, 0.1) is 0 Å². The number of piperidine rings is 1. The van der Waals surface area contributed by atoms with E-state index in [0.717, 1.165) is 56.2 Å². The minimum Gasteiger partial charge on any atom is -0.368 e. The summed E-state index contributed by atoms with van der Waals surface area (Å²) in [6.45, 7) is 2.82. The molecule has 1 atom stereocenters. The van der Waals surface area contributed by atoms with Crippen LogP contribution in [0.15, 0.2) is 15.5 Å². The summed E-state index contributed by atoms with van der Waals surface area (Å²) in [6, 6.07) is 0. The molecule has 25 heavy (non-hydrogen) atoms. The summed E-state index contributed by atoms with van der Waals surface area (Å²) in [5.41, 5.74) is 0.777. The Morgan fingerprint density at radius 3 is 2.92 bits per heavy atom. The molecule has 2 aliphatic heterocycles. The monoisotopic (exact) mass is 406 g/mol. The van der Waals surface area contributed by atoms with E-state index >= 15 is 0 Å². The second kappa shape index (κ2) is 6.90. The van der Waals surface area contributed by atoms with Crippen molar-refractivity contribution in [2.24, 2.45) is 7.05 Å². The molecule has 1 unspecified atom stereocenters. The summed E-state index contributed by atoms with van der Waals surface area (Å²) in [6.07, 6.45) is 8.69. The summed E-state index contributed by atoms with van der Waals surface area (Å²) in [5, 5.41) is 13.2. The second-order valence-electron chi connectivity index (χ2n) is 6.99. The lowest BCUT2D eigenvalue weighted by molar-refractivity contribution is 0.464. The predicted octanol–water partition coefficient (Wildman–Crippen LogP) is 2.24. The average Bonchev–Trinajstić information content (AvgIpc) is 2.88. The van der Waals surface area contributed by atoms with Gasteiger partial charge in [0, 0.05) is 39.0 Å². The van der Waals surface area contributed by atoms with Gasteiger partial charge in [-0.1, -0.05) is 6.42 Å². The van der Waals surface area contributed by atoms with Gasteiger partial charge in [0.2, 0.25) is 0 Å². The summed E-state index contributed by atoms with van der Waals surface area (Å²) in [5.74, 6) is 2.61. The molecule has 7 nitrogen and oxygen atoms in total. The van der Waals surface area contributed by atoms with Crippen molar-refractivity contribution in [1.82, 2.24) is 24.5 Å². The van der Waals surface area contributed by atoms with Crippen molar-refractivity contribution in [1.29, 1.82) is 0 Å². The first-order valence-corrected chi connectivity index (χ1v) is 9.83. The molecule has 134 valence electrons. The average molecular weight is 407 g/mol. The summed E-state index contributed by atoms with van der Waals surface area (Å²) >= 11 is 3.46. The number of rotatable bonds is 2. The van der Waals surface area contributed by atoms with E-state index in [1.807, 2.05) is 0 Å². The Morgan fingerprint density at radius 2 is 2.04 bits per heavy atom. The van der Waals surface area contributed by atoms with Gasteiger partial charge in [0.1, 0.15) is 16.1 Å². The fourth-order valence-corrected chi connectivity index (χ4v) is 4.55. The predicted molar refractivity (Wildman–Crippen MR) is 98.9 cm³/mol. The van der Waals surface area contributed by atoms with Crippen LogP contribution in [-0.2, 0) is 20.0 Å². The van der Waals surface area contributed by atoms with Crippen LogP contribution in [0.3, 0.4) is 0 Å². The molecule has 0 radical (unpaired) electrons. The van der Waals surface area contributed by atoms with E-state index in [0.29, 0.717) is 10.4 Å². The molecule has 8 heteroatoms. The molecule has 2 aliphatic rings. The first kappa shape index (κ1) is 16.8. The maximum absolute atomic E-state index is 12.2. The van der Waals surface area contributed by atoms with Crippen LogP contribution in [0.5, 0.6) is 0 Å². The van der Waals surface area contributed by atoms with Gasteiger partial charge in [0.25, 0.3) is 5.56 Å². The Hall–Kier alpha value is -1.70. The van der Waals surface area contributed by atoms with Gasteiger partial charge in [0.15, 0.2) is 0 Å². The molecule has 0 aliphatic carbocycles. The number of hydrogen-bond acceptors (Lipinski definition) is 5. The summed E-state index contributed by atoms with van der Waals surface area (Å²) in [7, 11) is 1.67. The first-order chi connectivity index (χ1) is 12.1. The number of aromatic nitrogens is 5. The first-order valence-electron chi connectivity index (χ1n) is 9.04. The van der Waals surface area contributed by atoms with Crippen LogP contribution in [0.2, 0.25) is 0 Å². The fourth-order valence-electron chi connectivity index (χ4n) is 3.94. The highest BCUT2D eigenvalue weighted by atomic mass is 79.9. The van der Waals surface area contributed by atoms with Gasteiger partial charge >= 0.3 is 0 Å². The molecular weight excluding hydrogens is 384 g/mol. The minimum atomic E-state index is -0.101. The molecule has 0 spiro atoms. The number of halogens is 1. The van der Waals surface area contributed by atoms with E-state index in [1.165, 1.54) is 23.9 Å². The van der Waals surface area contributed by atoms with Crippen LogP contribution in [0.25, 0.3) is 0 Å². The minimum absolute atomic E-state index is 0.101. The van der Waals surface area contributed by atoms with E-state index in [9.17, 15) is 4.79 Å². The molecule has 4 heterocycles. The van der Waals surface area contributed by atoms with Crippen LogP contribution in [0.1, 0.15) is 49.7 Å². The lowest BCUT2D eigenvalue weighted by Crippen LogP contribution is -2.37. The lowest BCUT2D eigenvalue weighted by Gasteiger charge is -2.34. The topological polar surface area (TPSA) is 68.8 Å². The van der Waals surface area contributed by atoms with Crippen molar-refractivity contribution in [3.63, 3.8) is 0 Å². The quantitative estimate of drug-likeness (QED) is 0.764. The van der Waals surface area contributed by atoms with E-state index in [1.54, 1.807) is 13.2 Å². The third-order valence-electron chi connectivity index (χ3n) is 5.33. The van der Waals surface area contributed by atoms with Gasteiger partial charge in [-0.2, -0.15) is 5.10 Å². The number of fused-ring (bicyclic) bond motifs is 1. The molecule has 1 saturated heterocycles. The van der Waals surface area contributed by atoms with Crippen molar-refractivity contribution in [3.05, 3.63) is 32.7 Å². The number of hydrogen-bond donors (Lipinski definition) is 0. The Morgan fingerprint density at radius 1 is 1.16 bits per heavy atom. The Kier molecular flexibility index (Phi) is 4.62. The Bertz CT molecular complexity index is 829. The van der Waals surface area contributed by atoms with Crippen molar-refractivity contribution in [2.45, 2.75) is 51.0 Å². The maximum atomic E-state index is 12.2. The van der Waals surface area contributed by atoms with Gasteiger partial charge in [0.05, 0.1) is 11.9 Å². The van der Waals surface area contributed by atoms with Crippen LogP contribution in [-0.4, -0.2) is 37.6 Å². The molecular formula is C17H23BrN6O. The van der Waals surface area contributed by atoms with Crippen LogP contribution >= 0.6 is 15.9 Å². The van der Waals surface area contributed by atoms with Gasteiger partial charge in [-0.05, 0) is 41.6 Å². The molecule has 0 saturated carbocycles. The second-order valence-corrected chi connectivity index (χ2v) is 7.79. The van der Waals surface area contributed by atoms with Gasteiger partial charge in [-0.15, -0.1) is 10.2 Å². The molecule has 4 rings (SSSR count). The van der Waals surface area contributed by atoms with Crippen LogP contribution < -0.4 is 10.5 Å². The normalized spacial score (nSPS) is 21.0. The number of nitrogens with zero attached hydrogens (tertiary/aromatic N) is 6. The highest BCUT2D eigenvalue weighted by Gasteiger charge is 2.28. The van der Waals surface area contributed by atoms with Gasteiger partial charge < -0.3 is 9.47 Å². The molecule has 2 aromatic rings. The van der Waals surface area contributed by atoms with E-state index in [-0.39, 0.29) is 5.56 Å². The molecule has 0 N–H and O–H groups in total. The van der Waals surface area contributed by atoms with E-state index in [4.69, 9.17) is 0 Å². The SMILES string of the molecule is Cn1ncc(N2CCCC(c3nnc4n3CCCCC4)C2)c(Br)c1=O. The highest BCUT2D eigenvalue weighted by molar-refractivity contribution is 9.10.